The average molecular weight is 252 g/mol. The quantitative estimate of drug-likeness (QED) is 0.828. The van der Waals surface area contributed by atoms with E-state index in [1.54, 1.807) is 0 Å². The van der Waals surface area contributed by atoms with E-state index in [0.717, 1.165) is 13.1 Å². The van der Waals surface area contributed by atoms with Gasteiger partial charge in [-0.2, -0.15) is 5.10 Å². The normalized spacial score (nSPS) is 23.0. The van der Waals surface area contributed by atoms with Crippen LogP contribution in [-0.2, 0) is 7.05 Å². The fourth-order valence-corrected chi connectivity index (χ4v) is 2.13. The van der Waals surface area contributed by atoms with E-state index >= 15 is 0 Å². The van der Waals surface area contributed by atoms with Gasteiger partial charge in [0, 0.05) is 32.3 Å². The Morgan fingerprint density at radius 2 is 2.13 bits per heavy atom. The molecule has 88 valence electrons. The molecule has 2 heterocycles. The third kappa shape index (κ3) is 2.86. The summed E-state index contributed by atoms with van der Waals surface area (Å²) in [7, 11) is 1.97. The highest BCUT2D eigenvalue weighted by Crippen LogP contribution is 2.37. The molecule has 1 fully saturated rings. The van der Waals surface area contributed by atoms with Crippen LogP contribution < -0.4 is 5.32 Å². The van der Waals surface area contributed by atoms with Gasteiger partial charge in [0.25, 0.3) is 0 Å². The van der Waals surface area contributed by atoms with E-state index < -0.39 is 0 Å². The number of hydrogen-bond acceptors (Lipinski definition) is 2. The zero-order valence-electron chi connectivity index (χ0n) is 9.36. The first kappa shape index (κ1) is 14.8. The van der Waals surface area contributed by atoms with E-state index in [0.29, 0.717) is 11.3 Å². The largest absolute Gasteiger partial charge is 0.316 e. The monoisotopic (exact) mass is 251 g/mol. The summed E-state index contributed by atoms with van der Waals surface area (Å²) in [5.74, 6) is 0.612. The molecule has 3 nitrogen and oxygen atoms in total. The molecule has 1 unspecified atom stereocenters. The van der Waals surface area contributed by atoms with Crippen LogP contribution in [0.3, 0.4) is 0 Å². The second-order valence-electron chi connectivity index (χ2n) is 4.62. The highest BCUT2D eigenvalue weighted by atomic mass is 35.5. The average Bonchev–Trinajstić information content (AvgIpc) is 2.56. The highest BCUT2D eigenvalue weighted by Gasteiger charge is 2.35. The molecule has 1 saturated heterocycles. The highest BCUT2D eigenvalue weighted by molar-refractivity contribution is 5.85. The van der Waals surface area contributed by atoms with Gasteiger partial charge in [-0.3, -0.25) is 4.68 Å². The van der Waals surface area contributed by atoms with E-state index in [9.17, 15) is 0 Å². The summed E-state index contributed by atoms with van der Waals surface area (Å²) in [6.07, 6.45) is 4.11. The third-order valence-corrected chi connectivity index (χ3v) is 3.00. The van der Waals surface area contributed by atoms with E-state index in [2.05, 4.69) is 30.5 Å². The van der Waals surface area contributed by atoms with Gasteiger partial charge in [-0.25, -0.2) is 0 Å². The lowest BCUT2D eigenvalue weighted by Crippen LogP contribution is -2.20. The minimum absolute atomic E-state index is 0. The Morgan fingerprint density at radius 1 is 1.47 bits per heavy atom. The van der Waals surface area contributed by atoms with Crippen molar-refractivity contribution < 1.29 is 0 Å². The van der Waals surface area contributed by atoms with Crippen molar-refractivity contribution in [3.8, 4) is 0 Å². The fraction of sp³-hybridized carbons (Fsp3) is 0.700. The Balaban J connectivity index is 0.000000980. The van der Waals surface area contributed by atoms with E-state index in [1.165, 1.54) is 5.56 Å². The van der Waals surface area contributed by atoms with Crippen LogP contribution in [0.2, 0.25) is 0 Å². The van der Waals surface area contributed by atoms with E-state index in [-0.39, 0.29) is 24.8 Å². The lowest BCUT2D eigenvalue weighted by molar-refractivity contribution is 0.363. The Bertz CT molecular complexity index is 309. The van der Waals surface area contributed by atoms with Crippen molar-refractivity contribution in [2.45, 2.75) is 19.8 Å². The Morgan fingerprint density at radius 3 is 2.53 bits per heavy atom. The summed E-state index contributed by atoms with van der Waals surface area (Å²) >= 11 is 0. The number of aromatic nitrogens is 2. The van der Waals surface area contributed by atoms with Gasteiger partial charge < -0.3 is 5.32 Å². The van der Waals surface area contributed by atoms with Gasteiger partial charge >= 0.3 is 0 Å². The zero-order valence-corrected chi connectivity index (χ0v) is 11.0. The Hall–Kier alpha value is -0.250. The first-order valence-corrected chi connectivity index (χ1v) is 4.79. The van der Waals surface area contributed by atoms with E-state index in [4.69, 9.17) is 0 Å². The maximum absolute atomic E-state index is 4.22. The molecule has 0 saturated carbocycles. The lowest BCUT2D eigenvalue weighted by Gasteiger charge is -2.24. The van der Waals surface area contributed by atoms with Crippen molar-refractivity contribution in [1.29, 1.82) is 0 Å². The summed E-state index contributed by atoms with van der Waals surface area (Å²) < 4.78 is 1.88. The number of hydrogen-bond donors (Lipinski definition) is 1. The summed E-state index contributed by atoms with van der Waals surface area (Å²) in [5.41, 5.74) is 1.72. The number of nitrogens with zero attached hydrogens (tertiary/aromatic N) is 2. The fourth-order valence-electron chi connectivity index (χ4n) is 2.13. The maximum atomic E-state index is 4.22. The van der Waals surface area contributed by atoms with Gasteiger partial charge in [-0.05, 0) is 11.0 Å². The summed E-state index contributed by atoms with van der Waals surface area (Å²) in [4.78, 5) is 0. The molecular formula is C10H19Cl2N3. The molecule has 5 heteroatoms. The third-order valence-electron chi connectivity index (χ3n) is 3.00. The predicted molar refractivity (Wildman–Crippen MR) is 67.1 cm³/mol. The van der Waals surface area contributed by atoms with Crippen LogP contribution in [-0.4, -0.2) is 22.9 Å². The van der Waals surface area contributed by atoms with Gasteiger partial charge in [-0.1, -0.05) is 13.8 Å². The molecule has 2 rings (SSSR count). The van der Waals surface area contributed by atoms with Crippen molar-refractivity contribution in [2.75, 3.05) is 13.1 Å². The van der Waals surface area contributed by atoms with Gasteiger partial charge in [0.1, 0.15) is 0 Å². The minimum atomic E-state index is 0. The molecular weight excluding hydrogens is 233 g/mol. The van der Waals surface area contributed by atoms with Gasteiger partial charge in [0.2, 0.25) is 0 Å². The predicted octanol–water partition coefficient (Wildman–Crippen LogP) is 1.98. The molecule has 0 amide bonds. The van der Waals surface area contributed by atoms with E-state index in [1.807, 2.05) is 17.9 Å². The molecule has 1 aliphatic heterocycles. The lowest BCUT2D eigenvalue weighted by atomic mass is 9.79. The molecule has 1 aromatic heterocycles. The van der Waals surface area contributed by atoms with Gasteiger partial charge in [0.15, 0.2) is 0 Å². The zero-order chi connectivity index (χ0) is 9.47. The molecule has 0 spiro atoms. The van der Waals surface area contributed by atoms with Crippen LogP contribution in [0, 0.1) is 5.41 Å². The molecule has 1 aliphatic rings. The number of aryl methyl sites for hydroxylation is 1. The summed E-state index contributed by atoms with van der Waals surface area (Å²) in [5, 5.41) is 7.65. The molecule has 15 heavy (non-hydrogen) atoms. The molecule has 1 N–H and O–H groups in total. The van der Waals surface area contributed by atoms with Crippen LogP contribution in [0.4, 0.5) is 0 Å². The minimum Gasteiger partial charge on any atom is -0.316 e. The van der Waals surface area contributed by atoms with Crippen LogP contribution in [0.1, 0.15) is 25.3 Å². The molecule has 0 aliphatic carbocycles. The number of nitrogens with one attached hydrogen (secondary N) is 1. The number of rotatable bonds is 1. The standard InChI is InChI=1S/C10H17N3.2ClH/c1-10(2)7-11-5-9(10)8-4-12-13(3)6-8;;/h4,6,9,11H,5,7H2,1-3H3;2*1H. The van der Waals surface area contributed by atoms with Crippen molar-refractivity contribution in [3.05, 3.63) is 18.0 Å². The first-order valence-electron chi connectivity index (χ1n) is 4.79. The molecule has 0 aromatic carbocycles. The molecule has 0 bridgehead atoms. The summed E-state index contributed by atoms with van der Waals surface area (Å²) in [6, 6.07) is 0. The first-order chi connectivity index (χ1) is 6.09. The van der Waals surface area contributed by atoms with Gasteiger partial charge in [0.05, 0.1) is 6.20 Å². The Kier molecular flexibility index (Phi) is 5.10. The Labute approximate surface area is 103 Å². The topological polar surface area (TPSA) is 29.9 Å². The second kappa shape index (κ2) is 5.19. The smallest absolute Gasteiger partial charge is 0.0525 e. The van der Waals surface area contributed by atoms with Crippen molar-refractivity contribution in [1.82, 2.24) is 15.1 Å². The van der Waals surface area contributed by atoms with Crippen LogP contribution in [0.25, 0.3) is 0 Å². The maximum Gasteiger partial charge on any atom is 0.0525 e. The SMILES string of the molecule is Cl.Cl.Cn1cc(C2CNCC2(C)C)cn1. The number of halogens is 2. The molecule has 0 radical (unpaired) electrons. The van der Waals surface area contributed by atoms with Crippen molar-refractivity contribution in [3.63, 3.8) is 0 Å². The van der Waals surface area contributed by atoms with Crippen LogP contribution in [0.5, 0.6) is 0 Å². The van der Waals surface area contributed by atoms with Crippen molar-refractivity contribution >= 4 is 24.8 Å². The van der Waals surface area contributed by atoms with Crippen molar-refractivity contribution in [2.24, 2.45) is 12.5 Å². The summed E-state index contributed by atoms with van der Waals surface area (Å²) in [6.45, 7) is 6.81. The molecule has 1 atom stereocenters. The van der Waals surface area contributed by atoms with Gasteiger partial charge in [-0.15, -0.1) is 24.8 Å². The van der Waals surface area contributed by atoms with Crippen LogP contribution in [0.15, 0.2) is 12.4 Å². The van der Waals surface area contributed by atoms with Crippen LogP contribution >= 0.6 is 24.8 Å². The second-order valence-corrected chi connectivity index (χ2v) is 4.62. The molecule has 1 aromatic rings.